The van der Waals surface area contributed by atoms with Gasteiger partial charge in [0.1, 0.15) is 11.1 Å². The van der Waals surface area contributed by atoms with E-state index in [1.165, 1.54) is 21.8 Å². The molecule has 35 heavy (non-hydrogen) atoms. The minimum absolute atomic E-state index is 0.916. The van der Waals surface area contributed by atoms with Gasteiger partial charge < -0.3 is 13.6 Å². The Bertz CT molecular complexity index is 1990. The molecule has 3 aromatic heterocycles. The molecule has 0 N–H and O–H groups in total. The monoisotopic (exact) mass is 448 g/mol. The van der Waals surface area contributed by atoms with Gasteiger partial charge in [-0.25, -0.2) is 0 Å². The Hall–Kier alpha value is -4.76. The lowest BCUT2D eigenvalue weighted by molar-refractivity contribution is 0.673. The molecule has 0 amide bonds. The van der Waals surface area contributed by atoms with Crippen molar-refractivity contribution in [3.63, 3.8) is 0 Å². The Kier molecular flexibility index (Phi) is 3.66. The number of hydrogen-bond acceptors (Lipinski definition) is 1. The summed E-state index contributed by atoms with van der Waals surface area (Å²) < 4.78 is 11.0. The van der Waals surface area contributed by atoms with Crippen LogP contribution in [-0.2, 0) is 0 Å². The van der Waals surface area contributed by atoms with Crippen molar-refractivity contribution in [2.75, 3.05) is 0 Å². The zero-order valence-electron chi connectivity index (χ0n) is 18.8. The summed E-state index contributed by atoms with van der Waals surface area (Å²) in [6, 6.07) is 42.9. The summed E-state index contributed by atoms with van der Waals surface area (Å²) in [5, 5.41) is 4.81. The second-order valence-corrected chi connectivity index (χ2v) is 9.01. The summed E-state index contributed by atoms with van der Waals surface area (Å²) in [7, 11) is 0. The molecule has 0 aliphatic carbocycles. The van der Waals surface area contributed by atoms with E-state index in [0.717, 1.165) is 44.3 Å². The van der Waals surface area contributed by atoms with E-state index in [1.54, 1.807) is 0 Å². The smallest absolute Gasteiger partial charge is 0.161 e. The van der Waals surface area contributed by atoms with E-state index in [1.807, 2.05) is 12.1 Å². The van der Waals surface area contributed by atoms with Crippen LogP contribution in [0.5, 0.6) is 0 Å². The number of para-hydroxylation sites is 4. The molecule has 0 aliphatic heterocycles. The number of fused-ring (bicyclic) bond motifs is 8. The zero-order chi connectivity index (χ0) is 22.9. The fraction of sp³-hybridized carbons (Fsp3) is 0. The minimum atomic E-state index is 0.916. The molecule has 3 heterocycles. The van der Waals surface area contributed by atoms with Crippen LogP contribution in [0.1, 0.15) is 0 Å². The number of nitrogens with zero attached hydrogens (tertiary/aromatic N) is 2. The SMILES string of the molecule is c1ccc2c(c1)oc1c3ccccc3n(-c3ccc(-n4c5ccccc5c5ccccc54)cc3)c21. The summed E-state index contributed by atoms with van der Waals surface area (Å²) in [4.78, 5) is 0. The molecule has 3 heteroatoms. The van der Waals surface area contributed by atoms with Crippen LogP contribution in [0.2, 0.25) is 0 Å². The average molecular weight is 449 g/mol. The first-order chi connectivity index (χ1) is 17.4. The molecule has 3 nitrogen and oxygen atoms in total. The van der Waals surface area contributed by atoms with Crippen LogP contribution in [0, 0.1) is 0 Å². The minimum Gasteiger partial charge on any atom is -0.454 e. The van der Waals surface area contributed by atoms with Gasteiger partial charge in [0, 0.05) is 32.9 Å². The third-order valence-corrected chi connectivity index (χ3v) is 7.13. The quantitative estimate of drug-likeness (QED) is 0.259. The molecule has 8 rings (SSSR count). The molecule has 164 valence electrons. The molecule has 8 aromatic rings. The predicted octanol–water partition coefficient (Wildman–Crippen LogP) is 8.63. The third-order valence-electron chi connectivity index (χ3n) is 7.13. The van der Waals surface area contributed by atoms with E-state index in [4.69, 9.17) is 4.42 Å². The molecule has 0 atom stereocenters. The normalized spacial score (nSPS) is 12.0. The van der Waals surface area contributed by atoms with Crippen molar-refractivity contribution >= 4 is 54.8 Å². The lowest BCUT2D eigenvalue weighted by Gasteiger charge is -2.11. The van der Waals surface area contributed by atoms with Gasteiger partial charge in [-0.15, -0.1) is 0 Å². The summed E-state index contributed by atoms with van der Waals surface area (Å²) >= 11 is 0. The van der Waals surface area contributed by atoms with Crippen LogP contribution in [0.4, 0.5) is 0 Å². The summed E-state index contributed by atoms with van der Waals surface area (Å²) in [6.07, 6.45) is 0. The number of aromatic nitrogens is 2. The highest BCUT2D eigenvalue weighted by atomic mass is 16.3. The fourth-order valence-electron chi connectivity index (χ4n) is 5.64. The molecule has 0 radical (unpaired) electrons. The van der Waals surface area contributed by atoms with Crippen LogP contribution in [0.25, 0.3) is 66.2 Å². The van der Waals surface area contributed by atoms with Crippen LogP contribution in [-0.4, -0.2) is 9.13 Å². The topological polar surface area (TPSA) is 23.0 Å². The molecule has 0 unspecified atom stereocenters. The van der Waals surface area contributed by atoms with Gasteiger partial charge in [0.05, 0.1) is 16.6 Å². The van der Waals surface area contributed by atoms with E-state index in [-0.39, 0.29) is 0 Å². The zero-order valence-corrected chi connectivity index (χ0v) is 18.8. The maximum absolute atomic E-state index is 6.32. The standard InChI is InChI=1S/C32H20N2O/c1-5-13-27-23(9-1)24-10-2-6-14-28(24)33(27)21-17-19-22(20-18-21)34-29-15-7-3-11-25(29)32-31(34)26-12-4-8-16-30(26)35-32/h1-20H. The van der Waals surface area contributed by atoms with E-state index >= 15 is 0 Å². The van der Waals surface area contributed by atoms with E-state index in [2.05, 4.69) is 118 Å². The average Bonchev–Trinajstić information content (AvgIpc) is 3.56. The lowest BCUT2D eigenvalue weighted by atomic mass is 10.2. The molecule has 0 bridgehead atoms. The molecule has 0 spiro atoms. The van der Waals surface area contributed by atoms with Crippen molar-refractivity contribution in [1.82, 2.24) is 9.13 Å². The summed E-state index contributed by atoms with van der Waals surface area (Å²) in [5.74, 6) is 0. The van der Waals surface area contributed by atoms with Gasteiger partial charge in [-0.05, 0) is 60.7 Å². The van der Waals surface area contributed by atoms with Crippen molar-refractivity contribution < 1.29 is 4.42 Å². The molecule has 0 saturated carbocycles. The van der Waals surface area contributed by atoms with Crippen LogP contribution < -0.4 is 0 Å². The molecule has 0 fully saturated rings. The first-order valence-corrected chi connectivity index (χ1v) is 11.9. The van der Waals surface area contributed by atoms with Crippen molar-refractivity contribution in [2.45, 2.75) is 0 Å². The maximum atomic E-state index is 6.32. The van der Waals surface area contributed by atoms with Crippen molar-refractivity contribution in [2.24, 2.45) is 0 Å². The number of furan rings is 1. The second-order valence-electron chi connectivity index (χ2n) is 9.01. The lowest BCUT2D eigenvalue weighted by Crippen LogP contribution is -1.97. The van der Waals surface area contributed by atoms with Gasteiger partial charge in [-0.3, -0.25) is 0 Å². The van der Waals surface area contributed by atoms with E-state index in [0.29, 0.717) is 0 Å². The molecule has 0 aliphatic rings. The Morgan fingerprint density at radius 1 is 0.400 bits per heavy atom. The maximum Gasteiger partial charge on any atom is 0.161 e. The van der Waals surface area contributed by atoms with Gasteiger partial charge in [-0.1, -0.05) is 60.7 Å². The predicted molar refractivity (Wildman–Crippen MR) is 145 cm³/mol. The number of hydrogen-bond donors (Lipinski definition) is 0. The third kappa shape index (κ3) is 2.50. The van der Waals surface area contributed by atoms with Gasteiger partial charge in [0.2, 0.25) is 0 Å². The highest BCUT2D eigenvalue weighted by Crippen LogP contribution is 2.39. The number of benzene rings is 5. The summed E-state index contributed by atoms with van der Waals surface area (Å²) in [6.45, 7) is 0. The van der Waals surface area contributed by atoms with Gasteiger partial charge in [-0.2, -0.15) is 0 Å². The first kappa shape index (κ1) is 18.6. The molecular weight excluding hydrogens is 428 g/mol. The van der Waals surface area contributed by atoms with Crippen molar-refractivity contribution in [1.29, 1.82) is 0 Å². The van der Waals surface area contributed by atoms with Crippen molar-refractivity contribution in [3.8, 4) is 11.4 Å². The Balaban J connectivity index is 1.39. The first-order valence-electron chi connectivity index (χ1n) is 11.9. The Morgan fingerprint density at radius 2 is 0.857 bits per heavy atom. The number of rotatable bonds is 2. The molecular formula is C32H20N2O. The van der Waals surface area contributed by atoms with Crippen molar-refractivity contribution in [3.05, 3.63) is 121 Å². The fourth-order valence-corrected chi connectivity index (χ4v) is 5.64. The highest BCUT2D eigenvalue weighted by molar-refractivity contribution is 6.16. The largest absolute Gasteiger partial charge is 0.454 e. The second kappa shape index (κ2) is 6.87. The Labute approximate surface area is 201 Å². The van der Waals surface area contributed by atoms with E-state index in [9.17, 15) is 0 Å². The van der Waals surface area contributed by atoms with Crippen LogP contribution in [0.3, 0.4) is 0 Å². The van der Waals surface area contributed by atoms with Gasteiger partial charge in [0.25, 0.3) is 0 Å². The summed E-state index contributed by atoms with van der Waals surface area (Å²) in [5.41, 5.74) is 8.82. The highest BCUT2D eigenvalue weighted by Gasteiger charge is 2.19. The van der Waals surface area contributed by atoms with Crippen LogP contribution >= 0.6 is 0 Å². The Morgan fingerprint density at radius 3 is 1.49 bits per heavy atom. The van der Waals surface area contributed by atoms with Gasteiger partial charge in [0.15, 0.2) is 5.58 Å². The van der Waals surface area contributed by atoms with Gasteiger partial charge >= 0.3 is 0 Å². The van der Waals surface area contributed by atoms with E-state index < -0.39 is 0 Å². The molecule has 0 saturated heterocycles. The molecule has 5 aromatic carbocycles. The van der Waals surface area contributed by atoms with Crippen LogP contribution in [0.15, 0.2) is 126 Å².